The van der Waals surface area contributed by atoms with Crippen molar-refractivity contribution >= 4 is 34.1 Å². The molecule has 0 bridgehead atoms. The predicted molar refractivity (Wildman–Crippen MR) is 117 cm³/mol. The van der Waals surface area contributed by atoms with Crippen LogP contribution in [0.15, 0.2) is 79.0 Å². The van der Waals surface area contributed by atoms with E-state index in [4.69, 9.17) is 28.2 Å². The van der Waals surface area contributed by atoms with Crippen LogP contribution in [0.4, 0.5) is 0 Å². The number of nitrogens with one attached hydrogen (secondary N) is 2. The highest BCUT2D eigenvalue weighted by Crippen LogP contribution is 2.39. The van der Waals surface area contributed by atoms with Gasteiger partial charge in [-0.1, -0.05) is 83.9 Å². The van der Waals surface area contributed by atoms with Crippen molar-refractivity contribution in [2.24, 2.45) is 0 Å². The smallest absolute Gasteiger partial charge is 0.140 e. The summed E-state index contributed by atoms with van der Waals surface area (Å²) in [5, 5.41) is 2.14. The Morgan fingerprint density at radius 3 is 2.39 bits per heavy atom. The largest absolute Gasteiger partial charge is 0.360 e. The van der Waals surface area contributed by atoms with Gasteiger partial charge in [-0.3, -0.25) is 0 Å². The van der Waals surface area contributed by atoms with E-state index in [9.17, 15) is 0 Å². The van der Waals surface area contributed by atoms with Crippen LogP contribution >= 0.6 is 23.2 Å². The summed E-state index contributed by atoms with van der Waals surface area (Å²) in [7, 11) is 0. The molecule has 3 nitrogen and oxygen atoms in total. The molecule has 2 aromatic heterocycles. The number of fused-ring (bicyclic) bond motifs is 1. The Bertz CT molecular complexity index is 1290. The lowest BCUT2D eigenvalue weighted by atomic mass is 10.1. The van der Waals surface area contributed by atoms with Gasteiger partial charge in [0.15, 0.2) is 0 Å². The first kappa shape index (κ1) is 17.1. The Kier molecular flexibility index (Phi) is 4.19. The number of aromatic nitrogens is 3. The second kappa shape index (κ2) is 6.86. The fourth-order valence-electron chi connectivity index (χ4n) is 3.46. The minimum Gasteiger partial charge on any atom is -0.360 e. The molecule has 0 saturated heterocycles. The number of para-hydroxylation sites is 1. The van der Waals surface area contributed by atoms with Crippen molar-refractivity contribution in [1.29, 1.82) is 0 Å². The Hall–Kier alpha value is -3.01. The first-order chi connectivity index (χ1) is 13.7. The molecule has 0 aliphatic heterocycles. The van der Waals surface area contributed by atoms with Gasteiger partial charge in [-0.15, -0.1) is 0 Å². The second-order valence-corrected chi connectivity index (χ2v) is 7.31. The summed E-state index contributed by atoms with van der Waals surface area (Å²) < 4.78 is 0. The number of imidazole rings is 1. The SMILES string of the molecule is Clc1cccc(-c2[nH]c(-c3c[nH]c4ccccc34)nc2-c2ccccc2)c1Cl. The van der Waals surface area contributed by atoms with Crippen LogP contribution in [0.2, 0.25) is 10.0 Å². The molecule has 0 amide bonds. The van der Waals surface area contributed by atoms with Crippen molar-refractivity contribution in [3.8, 4) is 33.9 Å². The summed E-state index contributed by atoms with van der Waals surface area (Å²) in [6, 6.07) is 23.9. The van der Waals surface area contributed by atoms with Gasteiger partial charge in [-0.05, 0) is 12.1 Å². The molecule has 5 heteroatoms. The number of H-pyrrole nitrogens is 2. The van der Waals surface area contributed by atoms with Crippen LogP contribution in [0.1, 0.15) is 0 Å². The average molecular weight is 404 g/mol. The van der Waals surface area contributed by atoms with E-state index in [2.05, 4.69) is 22.1 Å². The van der Waals surface area contributed by atoms with Crippen LogP contribution in [-0.4, -0.2) is 15.0 Å². The lowest BCUT2D eigenvalue weighted by molar-refractivity contribution is 1.31. The summed E-state index contributed by atoms with van der Waals surface area (Å²) in [6.07, 6.45) is 1.97. The molecule has 0 spiro atoms. The van der Waals surface area contributed by atoms with Gasteiger partial charge >= 0.3 is 0 Å². The average Bonchev–Trinajstić information content (AvgIpc) is 3.35. The number of nitrogens with zero attached hydrogens (tertiary/aromatic N) is 1. The lowest BCUT2D eigenvalue weighted by Gasteiger charge is -2.06. The molecule has 5 aromatic rings. The molecule has 0 radical (unpaired) electrons. The first-order valence-electron chi connectivity index (χ1n) is 8.88. The highest BCUT2D eigenvalue weighted by atomic mass is 35.5. The Balaban J connectivity index is 1.77. The quantitative estimate of drug-likeness (QED) is 0.328. The van der Waals surface area contributed by atoms with E-state index in [0.717, 1.165) is 44.8 Å². The first-order valence-corrected chi connectivity index (χ1v) is 9.64. The number of hydrogen-bond donors (Lipinski definition) is 2. The summed E-state index contributed by atoms with van der Waals surface area (Å²) >= 11 is 12.8. The van der Waals surface area contributed by atoms with Crippen molar-refractivity contribution in [2.45, 2.75) is 0 Å². The Morgan fingerprint density at radius 2 is 1.54 bits per heavy atom. The fraction of sp³-hybridized carbons (Fsp3) is 0. The summed E-state index contributed by atoms with van der Waals surface area (Å²) in [6.45, 7) is 0. The molecule has 5 rings (SSSR count). The lowest BCUT2D eigenvalue weighted by Crippen LogP contribution is -1.85. The molecule has 28 heavy (non-hydrogen) atoms. The molecule has 0 atom stereocenters. The van der Waals surface area contributed by atoms with Crippen LogP contribution in [0, 0.1) is 0 Å². The van der Waals surface area contributed by atoms with Crippen LogP contribution in [0.3, 0.4) is 0 Å². The molecule has 2 heterocycles. The molecule has 0 aliphatic rings. The number of benzene rings is 3. The van der Waals surface area contributed by atoms with Crippen molar-refractivity contribution in [3.05, 3.63) is 89.0 Å². The van der Waals surface area contributed by atoms with Gasteiger partial charge < -0.3 is 9.97 Å². The van der Waals surface area contributed by atoms with E-state index in [1.54, 1.807) is 6.07 Å². The van der Waals surface area contributed by atoms with Crippen LogP contribution in [0.5, 0.6) is 0 Å². The van der Waals surface area contributed by atoms with E-state index in [1.807, 2.05) is 60.8 Å². The van der Waals surface area contributed by atoms with Gasteiger partial charge in [0, 0.05) is 33.8 Å². The Labute approximate surface area is 172 Å². The zero-order chi connectivity index (χ0) is 19.1. The predicted octanol–water partition coefficient (Wildman–Crippen LogP) is 7.20. The van der Waals surface area contributed by atoms with Crippen LogP contribution in [-0.2, 0) is 0 Å². The number of rotatable bonds is 3. The van der Waals surface area contributed by atoms with Gasteiger partial charge in [0.05, 0.1) is 21.4 Å². The molecule has 136 valence electrons. The normalized spacial score (nSPS) is 11.2. The summed E-state index contributed by atoms with van der Waals surface area (Å²) in [5.41, 5.74) is 5.60. The van der Waals surface area contributed by atoms with Crippen LogP contribution < -0.4 is 0 Å². The van der Waals surface area contributed by atoms with E-state index < -0.39 is 0 Å². The fourth-order valence-corrected chi connectivity index (χ4v) is 3.86. The molecule has 0 fully saturated rings. The molecule has 2 N–H and O–H groups in total. The zero-order valence-electron chi connectivity index (χ0n) is 14.7. The third-order valence-corrected chi connectivity index (χ3v) is 5.64. The second-order valence-electron chi connectivity index (χ2n) is 6.52. The highest BCUT2D eigenvalue weighted by molar-refractivity contribution is 6.43. The van der Waals surface area contributed by atoms with E-state index in [1.165, 1.54) is 0 Å². The zero-order valence-corrected chi connectivity index (χ0v) is 16.2. The minimum absolute atomic E-state index is 0.510. The topological polar surface area (TPSA) is 44.5 Å². The van der Waals surface area contributed by atoms with E-state index in [0.29, 0.717) is 10.0 Å². The highest BCUT2D eigenvalue weighted by Gasteiger charge is 2.19. The van der Waals surface area contributed by atoms with E-state index >= 15 is 0 Å². The Morgan fingerprint density at radius 1 is 0.750 bits per heavy atom. The maximum absolute atomic E-state index is 6.53. The number of aromatic amines is 2. The molecule has 0 saturated carbocycles. The third kappa shape index (κ3) is 2.80. The molecule has 0 aliphatic carbocycles. The third-order valence-electron chi connectivity index (χ3n) is 4.82. The monoisotopic (exact) mass is 403 g/mol. The summed E-state index contributed by atoms with van der Waals surface area (Å²) in [5.74, 6) is 0.780. The standard InChI is InChI=1S/C23H15Cl2N3/c24-18-11-6-10-16(20(18)25)22-21(14-7-2-1-3-8-14)27-23(28-22)17-13-26-19-12-5-4-9-15(17)19/h1-13,26H,(H,27,28). The molecule has 0 unspecified atom stereocenters. The number of halogens is 2. The van der Waals surface area contributed by atoms with Crippen molar-refractivity contribution in [1.82, 2.24) is 15.0 Å². The maximum Gasteiger partial charge on any atom is 0.140 e. The minimum atomic E-state index is 0.510. The van der Waals surface area contributed by atoms with Crippen LogP contribution in [0.25, 0.3) is 44.8 Å². The summed E-state index contributed by atoms with van der Waals surface area (Å²) in [4.78, 5) is 11.7. The molecular weight excluding hydrogens is 389 g/mol. The van der Waals surface area contributed by atoms with Crippen molar-refractivity contribution < 1.29 is 0 Å². The van der Waals surface area contributed by atoms with Gasteiger partial charge in [0.2, 0.25) is 0 Å². The van der Waals surface area contributed by atoms with Crippen molar-refractivity contribution in [2.75, 3.05) is 0 Å². The van der Waals surface area contributed by atoms with Gasteiger partial charge in [0.1, 0.15) is 5.82 Å². The van der Waals surface area contributed by atoms with E-state index in [-0.39, 0.29) is 0 Å². The van der Waals surface area contributed by atoms with Crippen molar-refractivity contribution in [3.63, 3.8) is 0 Å². The molecule has 3 aromatic carbocycles. The van der Waals surface area contributed by atoms with Gasteiger partial charge in [-0.2, -0.15) is 0 Å². The number of hydrogen-bond acceptors (Lipinski definition) is 1. The maximum atomic E-state index is 6.53. The van der Waals surface area contributed by atoms with Gasteiger partial charge in [-0.25, -0.2) is 4.98 Å². The molecular formula is C23H15Cl2N3. The van der Waals surface area contributed by atoms with Gasteiger partial charge in [0.25, 0.3) is 0 Å².